The summed E-state index contributed by atoms with van der Waals surface area (Å²) in [6.45, 7) is 7.82. The van der Waals surface area contributed by atoms with Gasteiger partial charge in [0.2, 0.25) is 0 Å². The Hall–Kier alpha value is -1.18. The maximum Gasteiger partial charge on any atom is 0.115 e. The van der Waals surface area contributed by atoms with Crippen LogP contribution in [0.4, 0.5) is 5.69 Å². The molecule has 0 aliphatic carbocycles. The van der Waals surface area contributed by atoms with Gasteiger partial charge in [0.25, 0.3) is 0 Å². The van der Waals surface area contributed by atoms with Crippen molar-refractivity contribution in [2.75, 3.05) is 11.4 Å². The highest BCUT2D eigenvalue weighted by atomic mass is 16.3. The van der Waals surface area contributed by atoms with E-state index >= 15 is 0 Å². The number of anilines is 1. The monoisotopic (exact) mass is 319 g/mol. The Morgan fingerprint density at radius 1 is 0.826 bits per heavy atom. The molecule has 23 heavy (non-hydrogen) atoms. The lowest BCUT2D eigenvalue weighted by atomic mass is 10.0. The van der Waals surface area contributed by atoms with Crippen molar-refractivity contribution in [2.45, 2.75) is 91.0 Å². The van der Waals surface area contributed by atoms with Crippen LogP contribution in [0.5, 0.6) is 5.75 Å². The van der Waals surface area contributed by atoms with Crippen LogP contribution >= 0.6 is 0 Å². The molecule has 0 aromatic heterocycles. The van der Waals surface area contributed by atoms with Crippen molar-refractivity contribution in [3.8, 4) is 5.75 Å². The summed E-state index contributed by atoms with van der Waals surface area (Å²) in [5.41, 5.74) is 1.22. The number of phenolic OH excluding ortho intramolecular Hbond substituents is 1. The largest absolute Gasteiger partial charge is 0.508 e. The molecule has 2 nitrogen and oxygen atoms in total. The Labute approximate surface area is 143 Å². The molecular weight excluding hydrogens is 282 g/mol. The molecule has 0 saturated carbocycles. The van der Waals surface area contributed by atoms with Gasteiger partial charge in [0.05, 0.1) is 0 Å². The lowest BCUT2D eigenvalue weighted by molar-refractivity contribution is 0.475. The third-order valence-corrected chi connectivity index (χ3v) is 4.78. The van der Waals surface area contributed by atoms with Crippen LogP contribution in [-0.4, -0.2) is 17.7 Å². The topological polar surface area (TPSA) is 23.5 Å². The SMILES string of the molecule is CCCCCCCCCCCC(C)N(CC)c1ccc(O)cc1. The van der Waals surface area contributed by atoms with Crippen LogP contribution in [0.25, 0.3) is 0 Å². The van der Waals surface area contributed by atoms with E-state index in [2.05, 4.69) is 25.7 Å². The van der Waals surface area contributed by atoms with Crippen molar-refractivity contribution in [3.63, 3.8) is 0 Å². The fourth-order valence-corrected chi connectivity index (χ4v) is 3.30. The van der Waals surface area contributed by atoms with Crippen molar-refractivity contribution in [1.29, 1.82) is 0 Å². The Balaban J connectivity index is 2.16. The summed E-state index contributed by atoms with van der Waals surface area (Å²) in [4.78, 5) is 2.43. The van der Waals surface area contributed by atoms with E-state index in [9.17, 15) is 5.11 Å². The van der Waals surface area contributed by atoms with Gasteiger partial charge in [-0.1, -0.05) is 64.7 Å². The highest BCUT2D eigenvalue weighted by Crippen LogP contribution is 2.22. The molecule has 1 unspecified atom stereocenters. The molecule has 2 heteroatoms. The highest BCUT2D eigenvalue weighted by molar-refractivity contribution is 5.49. The van der Waals surface area contributed by atoms with Gasteiger partial charge in [-0.2, -0.15) is 0 Å². The van der Waals surface area contributed by atoms with Crippen LogP contribution < -0.4 is 4.90 Å². The van der Waals surface area contributed by atoms with Gasteiger partial charge >= 0.3 is 0 Å². The van der Waals surface area contributed by atoms with Crippen LogP contribution in [-0.2, 0) is 0 Å². The van der Waals surface area contributed by atoms with E-state index in [4.69, 9.17) is 0 Å². The molecule has 0 radical (unpaired) electrons. The minimum absolute atomic E-state index is 0.344. The molecule has 1 N–H and O–H groups in total. The Morgan fingerprint density at radius 3 is 1.87 bits per heavy atom. The van der Waals surface area contributed by atoms with Gasteiger partial charge in [-0.05, 0) is 44.5 Å². The van der Waals surface area contributed by atoms with Gasteiger partial charge < -0.3 is 10.0 Å². The Kier molecular flexibility index (Phi) is 10.6. The summed E-state index contributed by atoms with van der Waals surface area (Å²) in [6, 6.07) is 8.16. The molecule has 1 atom stereocenters. The van der Waals surface area contributed by atoms with Crippen LogP contribution in [0.1, 0.15) is 85.0 Å². The highest BCUT2D eigenvalue weighted by Gasteiger charge is 2.12. The third kappa shape index (κ3) is 8.29. The summed E-state index contributed by atoms with van der Waals surface area (Å²) >= 11 is 0. The second kappa shape index (κ2) is 12.3. The van der Waals surface area contributed by atoms with E-state index in [0.29, 0.717) is 11.8 Å². The molecule has 1 aromatic carbocycles. The van der Waals surface area contributed by atoms with Crippen LogP contribution in [0.2, 0.25) is 0 Å². The van der Waals surface area contributed by atoms with E-state index in [1.165, 1.54) is 69.9 Å². The van der Waals surface area contributed by atoms with Gasteiger partial charge in [-0.25, -0.2) is 0 Å². The standard InChI is InChI=1S/C21H37NO/c1-4-6-7-8-9-10-11-12-13-14-19(3)22(5-2)20-15-17-21(23)18-16-20/h15-19,23H,4-14H2,1-3H3. The van der Waals surface area contributed by atoms with Crippen molar-refractivity contribution in [1.82, 2.24) is 0 Å². The van der Waals surface area contributed by atoms with Gasteiger partial charge in [0, 0.05) is 18.3 Å². The number of unbranched alkanes of at least 4 members (excludes halogenated alkanes) is 8. The van der Waals surface area contributed by atoms with Crippen molar-refractivity contribution < 1.29 is 5.11 Å². The maximum absolute atomic E-state index is 9.42. The molecule has 1 rings (SSSR count). The Morgan fingerprint density at radius 2 is 1.35 bits per heavy atom. The normalized spacial score (nSPS) is 12.3. The Bertz CT molecular complexity index is 387. The molecule has 0 aliphatic rings. The molecule has 0 spiro atoms. The number of aromatic hydroxyl groups is 1. The second-order valence-corrected chi connectivity index (χ2v) is 6.77. The summed E-state index contributed by atoms with van der Waals surface area (Å²) in [6.07, 6.45) is 13.8. The summed E-state index contributed by atoms with van der Waals surface area (Å²) < 4.78 is 0. The zero-order chi connectivity index (χ0) is 16.9. The fourth-order valence-electron chi connectivity index (χ4n) is 3.30. The smallest absolute Gasteiger partial charge is 0.115 e. The van der Waals surface area contributed by atoms with Gasteiger partial charge in [-0.3, -0.25) is 0 Å². The molecular formula is C21H37NO. The fraction of sp³-hybridized carbons (Fsp3) is 0.714. The predicted molar refractivity (Wildman–Crippen MR) is 102 cm³/mol. The molecule has 1 aromatic rings. The quantitative estimate of drug-likeness (QED) is 0.418. The van der Waals surface area contributed by atoms with Crippen LogP contribution in [0.3, 0.4) is 0 Å². The average molecular weight is 320 g/mol. The molecule has 0 amide bonds. The first-order chi connectivity index (χ1) is 11.2. The van der Waals surface area contributed by atoms with Crippen molar-refractivity contribution >= 4 is 5.69 Å². The van der Waals surface area contributed by atoms with Crippen LogP contribution in [0, 0.1) is 0 Å². The zero-order valence-electron chi connectivity index (χ0n) is 15.6. The first-order valence-corrected chi connectivity index (χ1v) is 9.74. The minimum atomic E-state index is 0.344. The van der Waals surface area contributed by atoms with Crippen molar-refractivity contribution in [2.24, 2.45) is 0 Å². The number of nitrogens with zero attached hydrogens (tertiary/aromatic N) is 1. The lowest BCUT2D eigenvalue weighted by Crippen LogP contribution is -2.32. The summed E-state index contributed by atoms with van der Waals surface area (Å²) in [5.74, 6) is 0.344. The second-order valence-electron chi connectivity index (χ2n) is 6.77. The molecule has 132 valence electrons. The van der Waals surface area contributed by atoms with E-state index in [-0.39, 0.29) is 0 Å². The molecule has 0 fully saturated rings. The molecule has 0 bridgehead atoms. The molecule has 0 saturated heterocycles. The first kappa shape index (κ1) is 19.9. The number of rotatable bonds is 13. The van der Waals surface area contributed by atoms with E-state index in [0.717, 1.165) is 6.54 Å². The number of phenols is 1. The van der Waals surface area contributed by atoms with Gasteiger partial charge in [0.15, 0.2) is 0 Å². The summed E-state index contributed by atoms with van der Waals surface area (Å²) in [5, 5.41) is 9.42. The van der Waals surface area contributed by atoms with Gasteiger partial charge in [0.1, 0.15) is 5.75 Å². The van der Waals surface area contributed by atoms with Gasteiger partial charge in [-0.15, -0.1) is 0 Å². The third-order valence-electron chi connectivity index (χ3n) is 4.78. The molecule has 0 aliphatic heterocycles. The van der Waals surface area contributed by atoms with Crippen molar-refractivity contribution in [3.05, 3.63) is 24.3 Å². The van der Waals surface area contributed by atoms with E-state index in [1.807, 2.05) is 12.1 Å². The number of benzene rings is 1. The van der Waals surface area contributed by atoms with E-state index < -0.39 is 0 Å². The average Bonchev–Trinajstić information content (AvgIpc) is 2.56. The summed E-state index contributed by atoms with van der Waals surface area (Å²) in [7, 11) is 0. The zero-order valence-corrected chi connectivity index (χ0v) is 15.6. The van der Waals surface area contributed by atoms with Crippen LogP contribution in [0.15, 0.2) is 24.3 Å². The molecule has 0 heterocycles. The first-order valence-electron chi connectivity index (χ1n) is 9.74. The van der Waals surface area contributed by atoms with E-state index in [1.54, 1.807) is 12.1 Å². The number of hydrogen-bond donors (Lipinski definition) is 1. The number of hydrogen-bond acceptors (Lipinski definition) is 2. The lowest BCUT2D eigenvalue weighted by Gasteiger charge is -2.30. The maximum atomic E-state index is 9.42. The predicted octanol–water partition coefficient (Wildman–Crippen LogP) is 6.53. The minimum Gasteiger partial charge on any atom is -0.508 e.